The Kier molecular flexibility index (Phi) is 4.16. The van der Waals surface area contributed by atoms with Crippen LogP contribution in [0.5, 0.6) is 0 Å². The molecule has 2 aliphatic heterocycles. The van der Waals surface area contributed by atoms with Gasteiger partial charge in [-0.15, -0.1) is 0 Å². The monoisotopic (exact) mass is 301 g/mol. The van der Waals surface area contributed by atoms with E-state index in [1.807, 2.05) is 4.90 Å². The van der Waals surface area contributed by atoms with Crippen LogP contribution in [0.2, 0.25) is 0 Å². The molecule has 0 radical (unpaired) electrons. The number of nitrogens with zero attached hydrogens (tertiary/aromatic N) is 1. The molecule has 0 saturated carbocycles. The van der Waals surface area contributed by atoms with Gasteiger partial charge in [-0.3, -0.25) is 9.59 Å². The summed E-state index contributed by atoms with van der Waals surface area (Å²) in [4.78, 5) is 25.6. The lowest BCUT2D eigenvalue weighted by molar-refractivity contribution is 0.0495. The molecule has 2 amide bonds. The summed E-state index contributed by atoms with van der Waals surface area (Å²) < 4.78 is 0. The van der Waals surface area contributed by atoms with Crippen LogP contribution in [-0.2, 0) is 0 Å². The van der Waals surface area contributed by atoms with Crippen molar-refractivity contribution < 1.29 is 9.59 Å². The highest BCUT2D eigenvalue weighted by Crippen LogP contribution is 2.39. The molecule has 2 saturated heterocycles. The molecule has 0 aromatic heterocycles. The Morgan fingerprint density at radius 2 is 1.50 bits per heavy atom. The SMILES string of the molecule is NC(=O)c1ccc(C(=O)N2CCC3(CCNCC3)CC2)cc1. The van der Waals surface area contributed by atoms with Gasteiger partial charge in [0.2, 0.25) is 5.91 Å². The highest BCUT2D eigenvalue weighted by atomic mass is 16.2. The van der Waals surface area contributed by atoms with Gasteiger partial charge in [-0.2, -0.15) is 0 Å². The lowest BCUT2D eigenvalue weighted by Crippen LogP contribution is -2.47. The van der Waals surface area contributed by atoms with E-state index < -0.39 is 5.91 Å². The van der Waals surface area contributed by atoms with Crippen molar-refractivity contribution in [3.05, 3.63) is 35.4 Å². The van der Waals surface area contributed by atoms with Gasteiger partial charge in [0.15, 0.2) is 0 Å². The molecule has 0 unspecified atom stereocenters. The molecule has 22 heavy (non-hydrogen) atoms. The average Bonchev–Trinajstić information content (AvgIpc) is 2.56. The molecule has 2 heterocycles. The molecule has 118 valence electrons. The first-order chi connectivity index (χ1) is 10.6. The largest absolute Gasteiger partial charge is 0.366 e. The molecular formula is C17H23N3O2. The fourth-order valence-electron chi connectivity index (χ4n) is 3.60. The van der Waals surface area contributed by atoms with Crippen molar-refractivity contribution in [2.45, 2.75) is 25.7 Å². The molecule has 1 aromatic carbocycles. The van der Waals surface area contributed by atoms with Gasteiger partial charge >= 0.3 is 0 Å². The number of likely N-dealkylation sites (tertiary alicyclic amines) is 1. The number of rotatable bonds is 2. The number of primary amides is 1. The van der Waals surface area contributed by atoms with Crippen LogP contribution in [-0.4, -0.2) is 42.9 Å². The lowest BCUT2D eigenvalue weighted by Gasteiger charge is -2.44. The van der Waals surface area contributed by atoms with Gasteiger partial charge in [-0.05, 0) is 68.5 Å². The fraction of sp³-hybridized carbons (Fsp3) is 0.529. The standard InChI is InChI=1S/C17H23N3O2/c18-15(21)13-1-3-14(4-2-13)16(22)20-11-7-17(8-12-20)5-9-19-10-6-17/h1-4,19H,5-12H2,(H2,18,21). The Bertz CT molecular complexity index is 552. The van der Waals surface area contributed by atoms with Crippen LogP contribution >= 0.6 is 0 Å². The van der Waals surface area contributed by atoms with Crippen molar-refractivity contribution in [1.29, 1.82) is 0 Å². The topological polar surface area (TPSA) is 75.4 Å². The smallest absolute Gasteiger partial charge is 0.253 e. The Labute approximate surface area is 130 Å². The Balaban J connectivity index is 1.63. The highest BCUT2D eigenvalue weighted by Gasteiger charge is 2.36. The van der Waals surface area contributed by atoms with Gasteiger partial charge in [-0.1, -0.05) is 0 Å². The summed E-state index contributed by atoms with van der Waals surface area (Å²) in [6, 6.07) is 6.62. The van der Waals surface area contributed by atoms with E-state index >= 15 is 0 Å². The molecule has 1 aromatic rings. The van der Waals surface area contributed by atoms with E-state index in [1.54, 1.807) is 24.3 Å². The Morgan fingerprint density at radius 3 is 2.05 bits per heavy atom. The first kappa shape index (κ1) is 15.0. The lowest BCUT2D eigenvalue weighted by atomic mass is 9.71. The molecule has 5 heteroatoms. The van der Waals surface area contributed by atoms with Crippen LogP contribution in [0.4, 0.5) is 0 Å². The first-order valence-electron chi connectivity index (χ1n) is 8.00. The third kappa shape index (κ3) is 2.99. The maximum Gasteiger partial charge on any atom is 0.253 e. The van der Waals surface area contributed by atoms with E-state index in [0.29, 0.717) is 16.5 Å². The molecule has 0 aliphatic carbocycles. The molecular weight excluding hydrogens is 278 g/mol. The summed E-state index contributed by atoms with van der Waals surface area (Å²) in [5, 5.41) is 3.41. The number of carbonyl (C=O) groups is 2. The maximum absolute atomic E-state index is 12.5. The van der Waals surface area contributed by atoms with Crippen LogP contribution in [0.1, 0.15) is 46.4 Å². The normalized spacial score (nSPS) is 20.8. The second kappa shape index (κ2) is 6.08. The van der Waals surface area contributed by atoms with Gasteiger partial charge in [0.25, 0.3) is 5.91 Å². The molecule has 5 nitrogen and oxygen atoms in total. The average molecular weight is 301 g/mol. The number of hydrogen-bond donors (Lipinski definition) is 2. The number of carbonyl (C=O) groups excluding carboxylic acids is 2. The summed E-state index contributed by atoms with van der Waals surface area (Å²) >= 11 is 0. The van der Waals surface area contributed by atoms with E-state index in [9.17, 15) is 9.59 Å². The van der Waals surface area contributed by atoms with Crippen LogP contribution in [0.3, 0.4) is 0 Å². The zero-order valence-corrected chi connectivity index (χ0v) is 12.8. The third-order valence-corrected chi connectivity index (χ3v) is 5.19. The van der Waals surface area contributed by atoms with Crippen molar-refractivity contribution in [2.75, 3.05) is 26.2 Å². The number of nitrogens with one attached hydrogen (secondary N) is 1. The molecule has 0 atom stereocenters. The minimum absolute atomic E-state index is 0.0554. The summed E-state index contributed by atoms with van der Waals surface area (Å²) in [7, 11) is 0. The maximum atomic E-state index is 12.5. The number of hydrogen-bond acceptors (Lipinski definition) is 3. The van der Waals surface area contributed by atoms with E-state index in [1.165, 1.54) is 12.8 Å². The summed E-state index contributed by atoms with van der Waals surface area (Å²) in [5.41, 5.74) is 6.73. The minimum atomic E-state index is -0.468. The number of benzene rings is 1. The molecule has 3 rings (SSSR count). The van der Waals surface area contributed by atoms with Crippen molar-refractivity contribution in [2.24, 2.45) is 11.1 Å². The van der Waals surface area contributed by atoms with E-state index in [-0.39, 0.29) is 5.91 Å². The zero-order chi connectivity index (χ0) is 15.6. The predicted molar refractivity (Wildman–Crippen MR) is 84.6 cm³/mol. The summed E-state index contributed by atoms with van der Waals surface area (Å²) in [6.45, 7) is 3.86. The van der Waals surface area contributed by atoms with Crippen molar-refractivity contribution in [3.63, 3.8) is 0 Å². The van der Waals surface area contributed by atoms with E-state index in [4.69, 9.17) is 5.73 Å². The van der Waals surface area contributed by atoms with E-state index in [0.717, 1.165) is 39.0 Å². The summed E-state index contributed by atoms with van der Waals surface area (Å²) in [6.07, 6.45) is 4.64. The first-order valence-corrected chi connectivity index (χ1v) is 8.00. The van der Waals surface area contributed by atoms with Crippen LogP contribution < -0.4 is 11.1 Å². The third-order valence-electron chi connectivity index (χ3n) is 5.19. The van der Waals surface area contributed by atoms with Gasteiger partial charge in [0.1, 0.15) is 0 Å². The van der Waals surface area contributed by atoms with Gasteiger partial charge in [0.05, 0.1) is 0 Å². The quantitative estimate of drug-likeness (QED) is 0.867. The van der Waals surface area contributed by atoms with Gasteiger partial charge in [0, 0.05) is 24.2 Å². The highest BCUT2D eigenvalue weighted by molar-refractivity contribution is 5.97. The zero-order valence-electron chi connectivity index (χ0n) is 12.8. The number of amides is 2. The van der Waals surface area contributed by atoms with E-state index in [2.05, 4.69) is 5.32 Å². The van der Waals surface area contributed by atoms with Crippen LogP contribution in [0, 0.1) is 5.41 Å². The van der Waals surface area contributed by atoms with Crippen LogP contribution in [0.25, 0.3) is 0 Å². The Morgan fingerprint density at radius 1 is 0.955 bits per heavy atom. The van der Waals surface area contributed by atoms with Gasteiger partial charge < -0.3 is 16.0 Å². The van der Waals surface area contributed by atoms with Crippen LogP contribution in [0.15, 0.2) is 24.3 Å². The predicted octanol–water partition coefficient (Wildman–Crippen LogP) is 1.39. The second-order valence-corrected chi connectivity index (χ2v) is 6.48. The molecule has 0 bridgehead atoms. The van der Waals surface area contributed by atoms with Crippen molar-refractivity contribution >= 4 is 11.8 Å². The summed E-state index contributed by atoms with van der Waals surface area (Å²) in [5.74, 6) is -0.412. The van der Waals surface area contributed by atoms with Crippen molar-refractivity contribution in [1.82, 2.24) is 10.2 Å². The number of piperidine rings is 2. The van der Waals surface area contributed by atoms with Crippen molar-refractivity contribution in [3.8, 4) is 0 Å². The Hall–Kier alpha value is -1.88. The minimum Gasteiger partial charge on any atom is -0.366 e. The molecule has 2 aliphatic rings. The second-order valence-electron chi connectivity index (χ2n) is 6.48. The molecule has 1 spiro atoms. The van der Waals surface area contributed by atoms with Gasteiger partial charge in [-0.25, -0.2) is 0 Å². The number of nitrogens with two attached hydrogens (primary N) is 1. The molecule has 3 N–H and O–H groups in total. The molecule has 2 fully saturated rings. The fourth-order valence-corrected chi connectivity index (χ4v) is 3.60.